The van der Waals surface area contributed by atoms with Crippen LogP contribution in [-0.4, -0.2) is 37.6 Å². The van der Waals surface area contributed by atoms with E-state index in [1.807, 2.05) is 24.3 Å². The summed E-state index contributed by atoms with van der Waals surface area (Å²) in [6.45, 7) is 5.70. The van der Waals surface area contributed by atoms with Gasteiger partial charge < -0.3 is 15.4 Å². The van der Waals surface area contributed by atoms with Crippen LogP contribution in [0.15, 0.2) is 24.3 Å². The van der Waals surface area contributed by atoms with Gasteiger partial charge in [0, 0.05) is 25.3 Å². The molecule has 0 spiro atoms. The van der Waals surface area contributed by atoms with Crippen LogP contribution in [0.5, 0.6) is 0 Å². The standard InChI is InChI=1S/C17H24N2O3/c1-12(2)13-5-7-14(8-6-13)16(20)18-9-10-19-17(21)15-4-3-11-22-15/h5-8,12,15H,3-4,9-11H2,1-2H3,(H,18,20)(H,19,21). The van der Waals surface area contributed by atoms with Crippen LogP contribution in [0.3, 0.4) is 0 Å². The number of benzene rings is 1. The lowest BCUT2D eigenvalue weighted by molar-refractivity contribution is -0.129. The lowest BCUT2D eigenvalue weighted by atomic mass is 10.0. The second-order valence-electron chi connectivity index (χ2n) is 5.83. The predicted molar refractivity (Wildman–Crippen MR) is 84.8 cm³/mol. The smallest absolute Gasteiger partial charge is 0.251 e. The lowest BCUT2D eigenvalue weighted by Gasteiger charge is -2.11. The highest BCUT2D eigenvalue weighted by molar-refractivity contribution is 5.94. The van der Waals surface area contributed by atoms with E-state index in [4.69, 9.17) is 4.74 Å². The minimum absolute atomic E-state index is 0.0898. The number of ether oxygens (including phenoxy) is 1. The zero-order chi connectivity index (χ0) is 15.9. The molecule has 0 radical (unpaired) electrons. The fourth-order valence-corrected chi connectivity index (χ4v) is 2.38. The van der Waals surface area contributed by atoms with Crippen molar-refractivity contribution in [2.45, 2.75) is 38.7 Å². The summed E-state index contributed by atoms with van der Waals surface area (Å²) in [7, 11) is 0. The predicted octanol–water partition coefficient (Wildman–Crippen LogP) is 1.83. The van der Waals surface area contributed by atoms with Crippen molar-refractivity contribution in [1.82, 2.24) is 10.6 Å². The Labute approximate surface area is 131 Å². The molecule has 1 unspecified atom stereocenters. The van der Waals surface area contributed by atoms with Crippen molar-refractivity contribution in [3.05, 3.63) is 35.4 Å². The topological polar surface area (TPSA) is 67.4 Å². The average Bonchev–Trinajstić information content (AvgIpc) is 3.05. The normalized spacial score (nSPS) is 17.5. The van der Waals surface area contributed by atoms with Crippen molar-refractivity contribution in [3.8, 4) is 0 Å². The van der Waals surface area contributed by atoms with Crippen molar-refractivity contribution >= 4 is 11.8 Å². The van der Waals surface area contributed by atoms with E-state index >= 15 is 0 Å². The molecule has 22 heavy (non-hydrogen) atoms. The third-order valence-corrected chi connectivity index (χ3v) is 3.77. The number of carbonyl (C=O) groups is 2. The van der Waals surface area contributed by atoms with E-state index in [1.54, 1.807) is 0 Å². The first-order valence-electron chi connectivity index (χ1n) is 7.85. The van der Waals surface area contributed by atoms with Gasteiger partial charge in [-0.25, -0.2) is 0 Å². The van der Waals surface area contributed by atoms with E-state index in [9.17, 15) is 9.59 Å². The summed E-state index contributed by atoms with van der Waals surface area (Å²) in [6, 6.07) is 7.60. The molecule has 1 fully saturated rings. The zero-order valence-electron chi connectivity index (χ0n) is 13.2. The van der Waals surface area contributed by atoms with Crippen LogP contribution in [0.2, 0.25) is 0 Å². The van der Waals surface area contributed by atoms with Crippen molar-refractivity contribution in [1.29, 1.82) is 0 Å². The molecule has 0 aliphatic carbocycles. The Morgan fingerprint density at radius 1 is 1.18 bits per heavy atom. The molecular weight excluding hydrogens is 280 g/mol. The summed E-state index contributed by atoms with van der Waals surface area (Å²) in [4.78, 5) is 23.7. The van der Waals surface area contributed by atoms with E-state index in [0.717, 1.165) is 12.8 Å². The molecule has 2 rings (SSSR count). The van der Waals surface area contributed by atoms with Gasteiger partial charge in [-0.15, -0.1) is 0 Å². The number of hydrogen-bond acceptors (Lipinski definition) is 3. The monoisotopic (exact) mass is 304 g/mol. The maximum absolute atomic E-state index is 12.0. The molecular formula is C17H24N2O3. The number of amides is 2. The van der Waals surface area contributed by atoms with Gasteiger partial charge in [0.05, 0.1) is 0 Å². The van der Waals surface area contributed by atoms with Crippen molar-refractivity contribution in [3.63, 3.8) is 0 Å². The second kappa shape index (κ2) is 7.94. The molecule has 1 atom stereocenters. The highest BCUT2D eigenvalue weighted by atomic mass is 16.5. The molecule has 5 heteroatoms. The molecule has 1 saturated heterocycles. The minimum atomic E-state index is -0.320. The van der Waals surface area contributed by atoms with Crippen LogP contribution in [0, 0.1) is 0 Å². The van der Waals surface area contributed by atoms with Gasteiger partial charge in [0.2, 0.25) is 5.91 Å². The Morgan fingerprint density at radius 3 is 2.45 bits per heavy atom. The molecule has 120 valence electrons. The Bertz CT molecular complexity index is 505. The SMILES string of the molecule is CC(C)c1ccc(C(=O)NCCNC(=O)C2CCCO2)cc1. The molecule has 1 heterocycles. The van der Waals surface area contributed by atoms with Crippen LogP contribution in [0.25, 0.3) is 0 Å². The number of hydrogen-bond donors (Lipinski definition) is 2. The van der Waals surface area contributed by atoms with E-state index < -0.39 is 0 Å². The molecule has 0 bridgehead atoms. The first-order valence-corrected chi connectivity index (χ1v) is 7.85. The summed E-state index contributed by atoms with van der Waals surface area (Å²) >= 11 is 0. The van der Waals surface area contributed by atoms with Gasteiger partial charge in [-0.3, -0.25) is 9.59 Å². The third-order valence-electron chi connectivity index (χ3n) is 3.77. The Balaban J connectivity index is 1.70. The highest BCUT2D eigenvalue weighted by Gasteiger charge is 2.22. The molecule has 1 aromatic carbocycles. The summed E-state index contributed by atoms with van der Waals surface area (Å²) in [5.74, 6) is 0.236. The van der Waals surface area contributed by atoms with E-state index in [-0.39, 0.29) is 17.9 Å². The van der Waals surface area contributed by atoms with Crippen molar-refractivity contribution < 1.29 is 14.3 Å². The van der Waals surface area contributed by atoms with Crippen molar-refractivity contribution in [2.24, 2.45) is 0 Å². The van der Waals surface area contributed by atoms with Gasteiger partial charge in [-0.2, -0.15) is 0 Å². The first-order chi connectivity index (χ1) is 10.6. The highest BCUT2D eigenvalue weighted by Crippen LogP contribution is 2.14. The lowest BCUT2D eigenvalue weighted by Crippen LogP contribution is -2.39. The second-order valence-corrected chi connectivity index (χ2v) is 5.83. The van der Waals surface area contributed by atoms with Crippen LogP contribution in [0.1, 0.15) is 48.5 Å². The number of carbonyl (C=O) groups excluding carboxylic acids is 2. The summed E-state index contributed by atoms with van der Waals surface area (Å²) < 4.78 is 5.29. The number of rotatable bonds is 6. The van der Waals surface area contributed by atoms with Gasteiger partial charge in [0.1, 0.15) is 6.10 Å². The van der Waals surface area contributed by atoms with Gasteiger partial charge in [0.25, 0.3) is 5.91 Å². The fraction of sp³-hybridized carbons (Fsp3) is 0.529. The van der Waals surface area contributed by atoms with Crippen molar-refractivity contribution in [2.75, 3.05) is 19.7 Å². The summed E-state index contributed by atoms with van der Waals surface area (Å²) in [5, 5.41) is 5.58. The summed E-state index contributed by atoms with van der Waals surface area (Å²) in [5.41, 5.74) is 1.84. The Hall–Kier alpha value is -1.88. The molecule has 1 aromatic rings. The maximum Gasteiger partial charge on any atom is 0.251 e. The van der Waals surface area contributed by atoms with Crippen LogP contribution >= 0.6 is 0 Å². The molecule has 1 aliphatic rings. The van der Waals surface area contributed by atoms with Gasteiger partial charge in [-0.1, -0.05) is 26.0 Å². The first kappa shape index (κ1) is 16.5. The van der Waals surface area contributed by atoms with Crippen LogP contribution in [-0.2, 0) is 9.53 Å². The Morgan fingerprint density at radius 2 is 1.86 bits per heavy atom. The average molecular weight is 304 g/mol. The zero-order valence-corrected chi connectivity index (χ0v) is 13.2. The Kier molecular flexibility index (Phi) is 5.95. The maximum atomic E-state index is 12.0. The molecule has 0 saturated carbocycles. The minimum Gasteiger partial charge on any atom is -0.368 e. The van der Waals surface area contributed by atoms with E-state index in [2.05, 4.69) is 24.5 Å². The van der Waals surface area contributed by atoms with Gasteiger partial charge in [0.15, 0.2) is 0 Å². The third kappa shape index (κ3) is 4.56. The van der Waals surface area contributed by atoms with Gasteiger partial charge in [-0.05, 0) is 36.5 Å². The molecule has 5 nitrogen and oxygen atoms in total. The summed E-state index contributed by atoms with van der Waals surface area (Å²) in [6.07, 6.45) is 1.39. The van der Waals surface area contributed by atoms with Crippen LogP contribution in [0.4, 0.5) is 0 Å². The molecule has 0 aromatic heterocycles. The quantitative estimate of drug-likeness (QED) is 0.788. The molecule has 1 aliphatic heterocycles. The molecule has 2 N–H and O–H groups in total. The van der Waals surface area contributed by atoms with Crippen LogP contribution < -0.4 is 10.6 Å². The fourth-order valence-electron chi connectivity index (χ4n) is 2.38. The van der Waals surface area contributed by atoms with Gasteiger partial charge >= 0.3 is 0 Å². The largest absolute Gasteiger partial charge is 0.368 e. The van der Waals surface area contributed by atoms with E-state index in [1.165, 1.54) is 5.56 Å². The number of nitrogens with one attached hydrogen (secondary N) is 2. The van der Waals surface area contributed by atoms with E-state index in [0.29, 0.717) is 31.2 Å². The molecule has 2 amide bonds.